The molecule has 2 aromatic rings. The number of nitrogens with zero attached hydrogens (tertiary/aromatic N) is 5. The lowest BCUT2D eigenvalue weighted by Crippen LogP contribution is -2.49. The molecular weight excluding hydrogens is 424 g/mol. The van der Waals surface area contributed by atoms with Crippen molar-refractivity contribution >= 4 is 22.9 Å². The third-order valence-corrected chi connectivity index (χ3v) is 5.59. The number of carbonyl (C=O) groups excluding carboxylic acids is 1. The van der Waals surface area contributed by atoms with Gasteiger partial charge >= 0.3 is 11.8 Å². The number of hydrogen-bond donors (Lipinski definition) is 1. The standard InChI is InChI=1S/C23H30N6O4/c1-7-8-12-29-18-17(26(5)22(32)27(6)20(18)30)16(13-24)19(29)28-11-9-10-15(14-28)25-21(31)33-23(2,3)4/h15H,9-12,14H2,1-6H3,(H,25,31). The Morgan fingerprint density at radius 3 is 2.52 bits per heavy atom. The zero-order chi connectivity index (χ0) is 24.5. The van der Waals surface area contributed by atoms with Gasteiger partial charge in [-0.05, 0) is 40.5 Å². The summed E-state index contributed by atoms with van der Waals surface area (Å²) in [6.07, 6.45) is 1.03. The number of anilines is 1. The minimum atomic E-state index is -0.609. The molecule has 0 saturated carbocycles. The van der Waals surface area contributed by atoms with Crippen LogP contribution in [0.3, 0.4) is 0 Å². The summed E-state index contributed by atoms with van der Waals surface area (Å²) in [6.45, 7) is 8.36. The highest BCUT2D eigenvalue weighted by atomic mass is 16.6. The highest BCUT2D eigenvalue weighted by molar-refractivity contribution is 5.90. The second kappa shape index (κ2) is 9.07. The maximum atomic E-state index is 13.1. The van der Waals surface area contributed by atoms with Crippen molar-refractivity contribution in [1.82, 2.24) is 19.0 Å². The molecule has 10 heteroatoms. The lowest BCUT2D eigenvalue weighted by Gasteiger charge is -2.35. The molecule has 1 fully saturated rings. The third kappa shape index (κ3) is 4.61. The molecule has 0 radical (unpaired) electrons. The number of ether oxygens (including phenoxy) is 1. The Morgan fingerprint density at radius 1 is 1.21 bits per heavy atom. The molecule has 1 aliphatic heterocycles. The van der Waals surface area contributed by atoms with Crippen LogP contribution in [0.2, 0.25) is 0 Å². The van der Waals surface area contributed by atoms with Gasteiger partial charge in [-0.25, -0.2) is 9.59 Å². The Balaban J connectivity index is 2.12. The van der Waals surface area contributed by atoms with Crippen molar-refractivity contribution in [1.29, 1.82) is 5.26 Å². The van der Waals surface area contributed by atoms with Crippen molar-refractivity contribution in [3.05, 3.63) is 26.4 Å². The quantitative estimate of drug-likeness (QED) is 0.702. The van der Waals surface area contributed by atoms with Gasteiger partial charge in [-0.2, -0.15) is 5.26 Å². The maximum Gasteiger partial charge on any atom is 0.407 e. The van der Waals surface area contributed by atoms with Crippen molar-refractivity contribution in [2.75, 3.05) is 18.0 Å². The summed E-state index contributed by atoms with van der Waals surface area (Å²) in [5.41, 5.74) is -0.788. The van der Waals surface area contributed by atoms with Gasteiger partial charge in [-0.15, -0.1) is 5.92 Å². The SMILES string of the molecule is CC#CCn1c(N2CCCC(NC(=O)OC(C)(C)C)C2)c(C#N)c2c1c(=O)n(C)c(=O)n2C. The summed E-state index contributed by atoms with van der Waals surface area (Å²) in [6, 6.07) is 2.00. The molecule has 176 valence electrons. The summed E-state index contributed by atoms with van der Waals surface area (Å²) in [7, 11) is 2.97. The van der Waals surface area contributed by atoms with Gasteiger partial charge in [0.05, 0.1) is 12.1 Å². The van der Waals surface area contributed by atoms with Crippen LogP contribution >= 0.6 is 0 Å². The van der Waals surface area contributed by atoms with E-state index in [1.54, 1.807) is 39.3 Å². The fraction of sp³-hybridized carbons (Fsp3) is 0.565. The van der Waals surface area contributed by atoms with Gasteiger partial charge in [0.15, 0.2) is 0 Å². The van der Waals surface area contributed by atoms with E-state index < -0.39 is 22.9 Å². The van der Waals surface area contributed by atoms with Gasteiger partial charge < -0.3 is 19.5 Å². The van der Waals surface area contributed by atoms with E-state index in [9.17, 15) is 19.6 Å². The number of hydrogen-bond acceptors (Lipinski definition) is 6. The minimum Gasteiger partial charge on any atom is -0.444 e. The molecule has 3 rings (SSSR count). The largest absolute Gasteiger partial charge is 0.444 e. The van der Waals surface area contributed by atoms with Crippen molar-refractivity contribution in [2.45, 2.75) is 58.7 Å². The minimum absolute atomic E-state index is 0.193. The van der Waals surface area contributed by atoms with Crippen LogP contribution in [0.1, 0.15) is 46.1 Å². The number of fused-ring (bicyclic) bond motifs is 1. The topological polar surface area (TPSA) is 114 Å². The van der Waals surface area contributed by atoms with E-state index in [0.717, 1.165) is 17.4 Å². The van der Waals surface area contributed by atoms with E-state index in [1.165, 1.54) is 11.6 Å². The molecule has 1 unspecified atom stereocenters. The molecule has 0 bridgehead atoms. The van der Waals surface area contributed by atoms with Gasteiger partial charge in [0, 0.05) is 33.2 Å². The Kier molecular flexibility index (Phi) is 6.59. The number of nitrogens with one attached hydrogen (secondary N) is 1. The van der Waals surface area contributed by atoms with Crippen LogP contribution in [0.25, 0.3) is 11.0 Å². The van der Waals surface area contributed by atoms with Gasteiger partial charge in [-0.1, -0.05) is 5.92 Å². The Hall–Kier alpha value is -3.66. The van der Waals surface area contributed by atoms with Crippen LogP contribution in [-0.2, 0) is 25.4 Å². The second-order valence-electron chi connectivity index (χ2n) is 9.16. The van der Waals surface area contributed by atoms with Crippen molar-refractivity contribution < 1.29 is 9.53 Å². The lowest BCUT2D eigenvalue weighted by atomic mass is 10.1. The molecule has 0 aromatic carbocycles. The number of aryl methyl sites for hydroxylation is 1. The first-order valence-electron chi connectivity index (χ1n) is 10.9. The number of piperidine rings is 1. The predicted molar refractivity (Wildman–Crippen MR) is 125 cm³/mol. The summed E-state index contributed by atoms with van der Waals surface area (Å²) in [5.74, 6) is 6.34. The summed E-state index contributed by atoms with van der Waals surface area (Å²) >= 11 is 0. The van der Waals surface area contributed by atoms with Gasteiger partial charge in [0.25, 0.3) is 5.56 Å². The number of amides is 1. The highest BCUT2D eigenvalue weighted by Crippen LogP contribution is 2.32. The average Bonchev–Trinajstić information content (AvgIpc) is 3.07. The van der Waals surface area contributed by atoms with E-state index in [4.69, 9.17) is 4.74 Å². The first-order valence-corrected chi connectivity index (χ1v) is 10.9. The van der Waals surface area contributed by atoms with Crippen LogP contribution in [0.15, 0.2) is 9.59 Å². The van der Waals surface area contributed by atoms with E-state index >= 15 is 0 Å². The highest BCUT2D eigenvalue weighted by Gasteiger charge is 2.31. The van der Waals surface area contributed by atoms with Crippen molar-refractivity contribution in [2.24, 2.45) is 14.1 Å². The number of carbonyl (C=O) groups is 1. The first kappa shape index (κ1) is 24.0. The average molecular weight is 455 g/mol. The molecule has 1 atom stereocenters. The van der Waals surface area contributed by atoms with Gasteiger partial charge in [0.1, 0.15) is 28.6 Å². The van der Waals surface area contributed by atoms with E-state index in [-0.39, 0.29) is 23.7 Å². The zero-order valence-corrected chi connectivity index (χ0v) is 20.0. The maximum absolute atomic E-state index is 13.1. The molecule has 0 spiro atoms. The summed E-state index contributed by atoms with van der Waals surface area (Å²) < 4.78 is 9.46. The van der Waals surface area contributed by atoms with Crippen LogP contribution in [0.5, 0.6) is 0 Å². The lowest BCUT2D eigenvalue weighted by molar-refractivity contribution is 0.0500. The number of nitriles is 1. The monoisotopic (exact) mass is 454 g/mol. The number of aromatic nitrogens is 3. The smallest absolute Gasteiger partial charge is 0.407 e. The fourth-order valence-electron chi connectivity index (χ4n) is 4.21. The Labute approximate surface area is 192 Å². The van der Waals surface area contributed by atoms with E-state index in [2.05, 4.69) is 23.2 Å². The molecule has 10 nitrogen and oxygen atoms in total. The zero-order valence-electron chi connectivity index (χ0n) is 20.0. The molecular formula is C23H30N6O4. The third-order valence-electron chi connectivity index (χ3n) is 5.59. The Morgan fingerprint density at radius 2 is 1.91 bits per heavy atom. The first-order chi connectivity index (χ1) is 15.5. The molecule has 1 amide bonds. The van der Waals surface area contributed by atoms with Gasteiger partial charge in [-0.3, -0.25) is 13.9 Å². The molecule has 0 aliphatic carbocycles. The molecule has 3 heterocycles. The van der Waals surface area contributed by atoms with E-state index in [0.29, 0.717) is 24.4 Å². The summed E-state index contributed by atoms with van der Waals surface area (Å²) in [4.78, 5) is 39.9. The number of alkyl carbamates (subject to hydrolysis) is 1. The Bertz CT molecular complexity index is 1310. The van der Waals surface area contributed by atoms with Gasteiger partial charge in [0.2, 0.25) is 0 Å². The van der Waals surface area contributed by atoms with Crippen LogP contribution < -0.4 is 21.5 Å². The van der Waals surface area contributed by atoms with Crippen LogP contribution in [-0.4, -0.2) is 44.5 Å². The second-order valence-corrected chi connectivity index (χ2v) is 9.16. The van der Waals surface area contributed by atoms with Crippen LogP contribution in [0, 0.1) is 23.2 Å². The van der Waals surface area contributed by atoms with Crippen molar-refractivity contribution in [3.63, 3.8) is 0 Å². The molecule has 1 saturated heterocycles. The fourth-order valence-corrected chi connectivity index (χ4v) is 4.21. The molecule has 1 N–H and O–H groups in total. The summed E-state index contributed by atoms with van der Waals surface area (Å²) in [5, 5.41) is 13.0. The van der Waals surface area contributed by atoms with Crippen molar-refractivity contribution in [3.8, 4) is 17.9 Å². The normalized spacial score (nSPS) is 16.2. The molecule has 33 heavy (non-hydrogen) atoms. The molecule has 1 aliphatic rings. The molecule has 2 aromatic heterocycles. The van der Waals surface area contributed by atoms with Crippen LogP contribution in [0.4, 0.5) is 10.6 Å². The number of rotatable bonds is 3. The van der Waals surface area contributed by atoms with E-state index in [1.807, 2.05) is 4.90 Å². The predicted octanol–water partition coefficient (Wildman–Crippen LogP) is 1.43.